The minimum absolute atomic E-state index is 0.107. The van der Waals surface area contributed by atoms with Crippen LogP contribution in [-0.4, -0.2) is 12.5 Å². The zero-order chi connectivity index (χ0) is 13.0. The number of amides is 1. The Morgan fingerprint density at radius 2 is 2.22 bits per heavy atom. The number of halogens is 2. The second kappa shape index (κ2) is 5.69. The van der Waals surface area contributed by atoms with Crippen molar-refractivity contribution in [3.8, 4) is 0 Å². The first-order valence-corrected chi connectivity index (χ1v) is 5.79. The van der Waals surface area contributed by atoms with Crippen molar-refractivity contribution in [3.63, 3.8) is 0 Å². The maximum Gasteiger partial charge on any atom is 0.252 e. The predicted octanol–water partition coefficient (Wildman–Crippen LogP) is 3.04. The average molecular weight is 268 g/mol. The molecule has 5 heteroatoms. The fourth-order valence-corrected chi connectivity index (χ4v) is 1.78. The van der Waals surface area contributed by atoms with Crippen molar-refractivity contribution >= 4 is 17.5 Å². The summed E-state index contributed by atoms with van der Waals surface area (Å²) in [5, 5.41) is 2.82. The normalized spacial score (nSPS) is 10.3. The van der Waals surface area contributed by atoms with Gasteiger partial charge in [-0.3, -0.25) is 4.79 Å². The molecular weight excluding hydrogens is 257 g/mol. The second-order valence-electron chi connectivity index (χ2n) is 3.76. The van der Waals surface area contributed by atoms with Crippen molar-refractivity contribution < 1.29 is 13.6 Å². The molecule has 1 aromatic heterocycles. The number of hydrogen-bond acceptors (Lipinski definition) is 2. The van der Waals surface area contributed by atoms with Gasteiger partial charge in [0.2, 0.25) is 0 Å². The summed E-state index contributed by atoms with van der Waals surface area (Å²) in [5.74, 6) is -0.779. The lowest BCUT2D eigenvalue weighted by Gasteiger charge is -2.06. The molecule has 0 unspecified atom stereocenters. The molecule has 94 valence electrons. The highest BCUT2D eigenvalue weighted by molar-refractivity contribution is 6.33. The van der Waals surface area contributed by atoms with Gasteiger partial charge in [0, 0.05) is 6.54 Å². The van der Waals surface area contributed by atoms with E-state index < -0.39 is 5.82 Å². The Hall–Kier alpha value is -1.81. The Kier molecular flexibility index (Phi) is 3.99. The van der Waals surface area contributed by atoms with E-state index in [1.54, 1.807) is 12.5 Å². The van der Waals surface area contributed by atoms with Gasteiger partial charge in [-0.2, -0.15) is 0 Å². The number of carbonyl (C=O) groups excluding carboxylic acids is 1. The molecule has 1 amide bonds. The van der Waals surface area contributed by atoms with E-state index in [0.717, 1.165) is 11.6 Å². The van der Waals surface area contributed by atoms with Gasteiger partial charge < -0.3 is 9.73 Å². The van der Waals surface area contributed by atoms with Crippen LogP contribution in [0.25, 0.3) is 0 Å². The van der Waals surface area contributed by atoms with Crippen LogP contribution < -0.4 is 5.32 Å². The van der Waals surface area contributed by atoms with Crippen LogP contribution in [0.15, 0.2) is 41.2 Å². The SMILES string of the molecule is O=C(NCCc1ccoc1)c1ccc(F)cc1Cl. The van der Waals surface area contributed by atoms with E-state index >= 15 is 0 Å². The number of nitrogens with one attached hydrogen (secondary N) is 1. The smallest absolute Gasteiger partial charge is 0.252 e. The van der Waals surface area contributed by atoms with Gasteiger partial charge in [-0.15, -0.1) is 0 Å². The van der Waals surface area contributed by atoms with Crippen LogP contribution in [0.1, 0.15) is 15.9 Å². The number of benzene rings is 1. The van der Waals surface area contributed by atoms with Crippen molar-refractivity contribution in [2.45, 2.75) is 6.42 Å². The van der Waals surface area contributed by atoms with Gasteiger partial charge >= 0.3 is 0 Å². The standard InChI is InChI=1S/C13H11ClFNO2/c14-12-7-10(15)1-2-11(12)13(17)16-5-3-9-4-6-18-8-9/h1-2,4,6-8H,3,5H2,(H,16,17). The zero-order valence-electron chi connectivity index (χ0n) is 9.45. The Morgan fingerprint density at radius 1 is 1.39 bits per heavy atom. The lowest BCUT2D eigenvalue weighted by Crippen LogP contribution is -2.25. The molecule has 0 atom stereocenters. The molecule has 0 radical (unpaired) electrons. The molecule has 2 rings (SSSR count). The summed E-state index contributed by atoms with van der Waals surface area (Å²) in [6.07, 6.45) is 3.87. The van der Waals surface area contributed by atoms with Gasteiger partial charge in [-0.1, -0.05) is 11.6 Å². The minimum atomic E-state index is -0.463. The van der Waals surface area contributed by atoms with E-state index in [1.807, 2.05) is 6.07 Å². The number of hydrogen-bond donors (Lipinski definition) is 1. The molecule has 0 saturated carbocycles. The van der Waals surface area contributed by atoms with Gasteiger partial charge in [0.1, 0.15) is 5.82 Å². The molecule has 2 aromatic rings. The molecule has 18 heavy (non-hydrogen) atoms. The van der Waals surface area contributed by atoms with E-state index in [4.69, 9.17) is 16.0 Å². The van der Waals surface area contributed by atoms with E-state index in [9.17, 15) is 9.18 Å². The largest absolute Gasteiger partial charge is 0.472 e. The quantitative estimate of drug-likeness (QED) is 0.925. The molecule has 3 nitrogen and oxygen atoms in total. The van der Waals surface area contributed by atoms with Crippen LogP contribution in [0.3, 0.4) is 0 Å². The lowest BCUT2D eigenvalue weighted by atomic mass is 10.2. The van der Waals surface area contributed by atoms with Crippen molar-refractivity contribution in [1.82, 2.24) is 5.32 Å². The van der Waals surface area contributed by atoms with E-state index in [-0.39, 0.29) is 16.5 Å². The van der Waals surface area contributed by atoms with Crippen molar-refractivity contribution in [1.29, 1.82) is 0 Å². The number of furan rings is 1. The van der Waals surface area contributed by atoms with Crippen LogP contribution in [0.4, 0.5) is 4.39 Å². The summed E-state index contributed by atoms with van der Waals surface area (Å²) in [6, 6.07) is 5.52. The molecule has 0 spiro atoms. The Morgan fingerprint density at radius 3 is 2.89 bits per heavy atom. The van der Waals surface area contributed by atoms with Gasteiger partial charge in [0.05, 0.1) is 23.1 Å². The van der Waals surface area contributed by atoms with Gasteiger partial charge in [0.25, 0.3) is 5.91 Å². The van der Waals surface area contributed by atoms with E-state index in [1.165, 1.54) is 12.1 Å². The highest BCUT2D eigenvalue weighted by atomic mass is 35.5. The summed E-state index contributed by atoms with van der Waals surface area (Å²) in [4.78, 5) is 11.8. The lowest BCUT2D eigenvalue weighted by molar-refractivity contribution is 0.0954. The third kappa shape index (κ3) is 3.11. The van der Waals surface area contributed by atoms with Gasteiger partial charge in [-0.05, 0) is 36.2 Å². The van der Waals surface area contributed by atoms with Crippen LogP contribution >= 0.6 is 11.6 Å². The molecule has 0 bridgehead atoms. The first-order valence-electron chi connectivity index (χ1n) is 5.41. The fraction of sp³-hybridized carbons (Fsp3) is 0.154. The van der Waals surface area contributed by atoms with Crippen molar-refractivity contribution in [2.75, 3.05) is 6.54 Å². The molecule has 0 aliphatic rings. The molecule has 0 saturated heterocycles. The van der Waals surface area contributed by atoms with Crippen molar-refractivity contribution in [3.05, 3.63) is 58.8 Å². The molecule has 1 heterocycles. The first kappa shape index (κ1) is 12.6. The average Bonchev–Trinajstić information content (AvgIpc) is 2.81. The minimum Gasteiger partial charge on any atom is -0.472 e. The monoisotopic (exact) mass is 267 g/mol. The van der Waals surface area contributed by atoms with Crippen LogP contribution in [0.5, 0.6) is 0 Å². The first-order chi connectivity index (χ1) is 8.66. The van der Waals surface area contributed by atoms with Crippen LogP contribution in [-0.2, 0) is 6.42 Å². The molecule has 0 aliphatic heterocycles. The molecule has 1 N–H and O–H groups in total. The number of carbonyl (C=O) groups is 1. The molecule has 0 fully saturated rings. The summed E-state index contributed by atoms with van der Waals surface area (Å²) < 4.78 is 17.7. The van der Waals surface area contributed by atoms with Crippen LogP contribution in [0, 0.1) is 5.82 Å². The summed E-state index contributed by atoms with van der Waals surface area (Å²) in [7, 11) is 0. The third-order valence-electron chi connectivity index (χ3n) is 2.46. The fourth-order valence-electron chi connectivity index (χ4n) is 1.52. The topological polar surface area (TPSA) is 42.2 Å². The van der Waals surface area contributed by atoms with Gasteiger partial charge in [-0.25, -0.2) is 4.39 Å². The summed E-state index contributed by atoms with van der Waals surface area (Å²) in [6.45, 7) is 0.464. The second-order valence-corrected chi connectivity index (χ2v) is 4.17. The van der Waals surface area contributed by atoms with Crippen LogP contribution in [0.2, 0.25) is 5.02 Å². The summed E-state index contributed by atoms with van der Waals surface area (Å²) in [5.41, 5.74) is 1.27. The molecule has 0 aliphatic carbocycles. The maximum atomic E-state index is 12.8. The Bertz CT molecular complexity index is 540. The van der Waals surface area contributed by atoms with Gasteiger partial charge in [0.15, 0.2) is 0 Å². The van der Waals surface area contributed by atoms with E-state index in [0.29, 0.717) is 13.0 Å². The highest BCUT2D eigenvalue weighted by Crippen LogP contribution is 2.16. The zero-order valence-corrected chi connectivity index (χ0v) is 10.2. The number of rotatable bonds is 4. The highest BCUT2D eigenvalue weighted by Gasteiger charge is 2.10. The predicted molar refractivity (Wildman–Crippen MR) is 66.2 cm³/mol. The summed E-state index contributed by atoms with van der Waals surface area (Å²) >= 11 is 5.79. The Balaban J connectivity index is 1.91. The maximum absolute atomic E-state index is 12.8. The van der Waals surface area contributed by atoms with E-state index in [2.05, 4.69) is 5.32 Å². The Labute approximate surface area is 109 Å². The third-order valence-corrected chi connectivity index (χ3v) is 2.77. The van der Waals surface area contributed by atoms with Crippen molar-refractivity contribution in [2.24, 2.45) is 0 Å². The molecular formula is C13H11ClFNO2. The molecule has 1 aromatic carbocycles.